The first-order valence-electron chi connectivity index (χ1n) is 11.0. The predicted octanol–water partition coefficient (Wildman–Crippen LogP) is 4.00. The molecule has 0 aliphatic carbocycles. The minimum absolute atomic E-state index is 0.111. The average Bonchev–Trinajstić information content (AvgIpc) is 2.72. The highest BCUT2D eigenvalue weighted by molar-refractivity contribution is 6.99. The van der Waals surface area contributed by atoms with E-state index in [1.807, 2.05) is 36.4 Å². The fourth-order valence-corrected chi connectivity index (χ4v) is 8.41. The lowest BCUT2D eigenvalue weighted by atomic mass is 10.2. The summed E-state index contributed by atoms with van der Waals surface area (Å²) in [5.41, 5.74) is -0.646. The number of alkyl carbamates (subject to hydrolysis) is 1. The van der Waals surface area contributed by atoms with Gasteiger partial charge in [0.2, 0.25) is 0 Å². The Morgan fingerprint density at radius 1 is 1.00 bits per heavy atom. The first-order chi connectivity index (χ1) is 14.9. The van der Waals surface area contributed by atoms with Crippen molar-refractivity contribution in [2.45, 2.75) is 64.3 Å². The number of benzene rings is 2. The van der Waals surface area contributed by atoms with Gasteiger partial charge in [-0.05, 0) is 36.2 Å². The van der Waals surface area contributed by atoms with E-state index >= 15 is 0 Å². The lowest BCUT2D eigenvalue weighted by Crippen LogP contribution is -2.67. The Kier molecular flexibility index (Phi) is 8.45. The van der Waals surface area contributed by atoms with E-state index < -0.39 is 32.2 Å². The van der Waals surface area contributed by atoms with Crippen LogP contribution >= 0.6 is 0 Å². The smallest absolute Gasteiger partial charge is 0.408 e. The third-order valence-corrected chi connectivity index (χ3v) is 10.3. The van der Waals surface area contributed by atoms with Crippen molar-refractivity contribution in [2.24, 2.45) is 0 Å². The van der Waals surface area contributed by atoms with E-state index in [0.29, 0.717) is 0 Å². The van der Waals surface area contributed by atoms with Crippen molar-refractivity contribution in [1.82, 2.24) is 5.32 Å². The van der Waals surface area contributed by atoms with Crippen molar-refractivity contribution in [3.63, 3.8) is 0 Å². The molecule has 6 heteroatoms. The van der Waals surface area contributed by atoms with Gasteiger partial charge in [-0.1, -0.05) is 87.5 Å². The molecule has 2 rings (SSSR count). The summed E-state index contributed by atoms with van der Waals surface area (Å²) in [6.07, 6.45) is -0.188. The molecule has 2 aromatic rings. The topological polar surface area (TPSA) is 67.8 Å². The number of aliphatic hydroxyl groups is 1. The van der Waals surface area contributed by atoms with Crippen molar-refractivity contribution in [1.29, 1.82) is 0 Å². The second-order valence-corrected chi connectivity index (χ2v) is 14.3. The van der Waals surface area contributed by atoms with Crippen LogP contribution in [-0.2, 0) is 9.16 Å². The van der Waals surface area contributed by atoms with Crippen molar-refractivity contribution in [3.05, 3.63) is 73.3 Å². The van der Waals surface area contributed by atoms with Gasteiger partial charge in [0, 0.05) is 0 Å². The summed E-state index contributed by atoms with van der Waals surface area (Å²) in [4.78, 5) is 12.4. The van der Waals surface area contributed by atoms with E-state index in [9.17, 15) is 9.90 Å². The molecule has 5 nitrogen and oxygen atoms in total. The molecule has 0 bridgehead atoms. The van der Waals surface area contributed by atoms with Gasteiger partial charge in [0.05, 0.1) is 18.8 Å². The molecule has 0 aliphatic rings. The van der Waals surface area contributed by atoms with Gasteiger partial charge in [0.25, 0.3) is 8.32 Å². The van der Waals surface area contributed by atoms with E-state index in [0.717, 1.165) is 10.4 Å². The molecule has 0 aliphatic heterocycles. The Morgan fingerprint density at radius 2 is 1.47 bits per heavy atom. The molecule has 0 saturated heterocycles. The third kappa shape index (κ3) is 6.31. The molecule has 0 aromatic heterocycles. The van der Waals surface area contributed by atoms with Crippen LogP contribution in [0.5, 0.6) is 0 Å². The number of carbonyl (C=O) groups is 1. The number of hydrogen-bond acceptors (Lipinski definition) is 4. The number of aliphatic hydroxyl groups excluding tert-OH is 1. The fourth-order valence-electron chi connectivity index (χ4n) is 3.83. The Balaban J connectivity index is 2.46. The van der Waals surface area contributed by atoms with Gasteiger partial charge in [-0.15, -0.1) is 6.58 Å². The fraction of sp³-hybridized carbons (Fsp3) is 0.423. The van der Waals surface area contributed by atoms with E-state index in [1.54, 1.807) is 20.8 Å². The van der Waals surface area contributed by atoms with Crippen LogP contribution in [-0.4, -0.2) is 43.9 Å². The molecular formula is C26H37NO4Si. The van der Waals surface area contributed by atoms with Gasteiger partial charge >= 0.3 is 6.09 Å². The van der Waals surface area contributed by atoms with E-state index in [2.05, 4.69) is 56.9 Å². The molecule has 2 N–H and O–H groups in total. The Bertz CT molecular complexity index is 833. The van der Waals surface area contributed by atoms with E-state index in [4.69, 9.17) is 9.16 Å². The monoisotopic (exact) mass is 455 g/mol. The Hall–Kier alpha value is -2.41. The summed E-state index contributed by atoms with van der Waals surface area (Å²) in [7, 11) is -2.81. The Labute approximate surface area is 193 Å². The zero-order valence-electron chi connectivity index (χ0n) is 20.1. The molecule has 0 saturated carbocycles. The molecule has 174 valence electrons. The lowest BCUT2D eigenvalue weighted by molar-refractivity contribution is 0.0414. The second-order valence-electron chi connectivity index (χ2n) is 9.95. The highest BCUT2D eigenvalue weighted by atomic mass is 28.4. The maximum Gasteiger partial charge on any atom is 0.408 e. The molecule has 0 unspecified atom stereocenters. The SMILES string of the molecule is C=C[C@H](O)[C@@H](CO[Si](c1ccccc1)(c1ccccc1)C(C)(C)C)NC(=O)OC(C)(C)C. The third-order valence-electron chi connectivity index (χ3n) is 5.25. The molecule has 1 amide bonds. The van der Waals surface area contributed by atoms with Crippen molar-refractivity contribution in [2.75, 3.05) is 6.61 Å². The van der Waals surface area contributed by atoms with Gasteiger partial charge < -0.3 is 19.6 Å². The number of rotatable bonds is 8. The molecule has 0 heterocycles. The highest BCUT2D eigenvalue weighted by Gasteiger charge is 2.50. The molecule has 2 atom stereocenters. The van der Waals surface area contributed by atoms with Crippen LogP contribution in [0.15, 0.2) is 73.3 Å². The maximum atomic E-state index is 12.4. The minimum atomic E-state index is -2.81. The van der Waals surface area contributed by atoms with Crippen molar-refractivity contribution in [3.8, 4) is 0 Å². The second kappa shape index (κ2) is 10.5. The van der Waals surface area contributed by atoms with Gasteiger partial charge in [-0.3, -0.25) is 0 Å². The number of amides is 1. The van der Waals surface area contributed by atoms with Gasteiger partial charge in [0.15, 0.2) is 0 Å². The summed E-state index contributed by atoms with van der Waals surface area (Å²) in [5, 5.41) is 15.4. The summed E-state index contributed by atoms with van der Waals surface area (Å²) in [6.45, 7) is 15.7. The summed E-state index contributed by atoms with van der Waals surface area (Å²) >= 11 is 0. The van der Waals surface area contributed by atoms with Crippen LogP contribution in [0.2, 0.25) is 5.04 Å². The van der Waals surface area contributed by atoms with Crippen LogP contribution < -0.4 is 15.7 Å². The van der Waals surface area contributed by atoms with Crippen LogP contribution in [0.4, 0.5) is 4.79 Å². The lowest BCUT2D eigenvalue weighted by Gasteiger charge is -2.44. The van der Waals surface area contributed by atoms with Gasteiger partial charge in [0.1, 0.15) is 5.60 Å². The molecule has 0 spiro atoms. The number of carbonyl (C=O) groups excluding carboxylic acids is 1. The largest absolute Gasteiger partial charge is 0.444 e. The van der Waals surface area contributed by atoms with Crippen LogP contribution in [0.1, 0.15) is 41.5 Å². The summed E-state index contributed by atoms with van der Waals surface area (Å²) < 4.78 is 12.2. The van der Waals surface area contributed by atoms with Crippen LogP contribution in [0.25, 0.3) is 0 Å². The van der Waals surface area contributed by atoms with E-state index in [1.165, 1.54) is 6.08 Å². The normalized spacial score (nSPS) is 14.3. The number of ether oxygens (including phenoxy) is 1. The highest BCUT2D eigenvalue weighted by Crippen LogP contribution is 2.36. The average molecular weight is 456 g/mol. The zero-order valence-corrected chi connectivity index (χ0v) is 21.1. The van der Waals surface area contributed by atoms with Crippen molar-refractivity contribution >= 4 is 24.8 Å². The standard InChI is InChI=1S/C26H37NO4Si/c1-8-23(28)22(27-24(29)31-25(2,3)4)19-30-32(26(5,6)7,20-15-11-9-12-16-20)21-17-13-10-14-18-21/h8-18,22-23,28H,1,19H2,2-7H3,(H,27,29)/t22-,23+/m1/s1. The predicted molar refractivity (Wildman–Crippen MR) is 133 cm³/mol. The molecule has 2 aromatic carbocycles. The minimum Gasteiger partial charge on any atom is -0.444 e. The summed E-state index contributed by atoms with van der Waals surface area (Å²) in [6, 6.07) is 19.8. The molecule has 0 fully saturated rings. The van der Waals surface area contributed by atoms with Crippen LogP contribution in [0, 0.1) is 0 Å². The van der Waals surface area contributed by atoms with Crippen molar-refractivity contribution < 1.29 is 19.1 Å². The maximum absolute atomic E-state index is 12.4. The first kappa shape index (κ1) is 25.8. The van der Waals surface area contributed by atoms with E-state index in [-0.39, 0.29) is 11.6 Å². The number of hydrogen-bond donors (Lipinski definition) is 2. The molecular weight excluding hydrogens is 418 g/mol. The molecule has 32 heavy (non-hydrogen) atoms. The molecule has 0 radical (unpaired) electrons. The van der Waals surface area contributed by atoms with Crippen LogP contribution in [0.3, 0.4) is 0 Å². The van der Waals surface area contributed by atoms with Gasteiger partial charge in [-0.25, -0.2) is 4.79 Å². The summed E-state index contributed by atoms with van der Waals surface area (Å²) in [5.74, 6) is 0. The Morgan fingerprint density at radius 3 is 1.84 bits per heavy atom. The van der Waals surface area contributed by atoms with Gasteiger partial charge in [-0.2, -0.15) is 0 Å². The quantitative estimate of drug-likeness (QED) is 0.466. The first-order valence-corrected chi connectivity index (χ1v) is 12.9. The number of nitrogens with one attached hydrogen (secondary N) is 1. The zero-order chi connectivity index (χ0) is 24.0.